The van der Waals surface area contributed by atoms with E-state index in [4.69, 9.17) is 9.47 Å². The molecule has 1 N–H and O–H groups in total. The standard InChI is InChI=1S/C15H27N3O3/c1-14(2)11-15(19,6-9-21-14)13-12(20-5)10-16-18(13)8-7-17(3)4/h10,19H,6-9,11H2,1-5H3. The van der Waals surface area contributed by atoms with Crippen LogP contribution >= 0.6 is 0 Å². The molecule has 0 aliphatic carbocycles. The summed E-state index contributed by atoms with van der Waals surface area (Å²) in [6.45, 7) is 6.11. The van der Waals surface area contributed by atoms with Crippen LogP contribution in [0, 0.1) is 0 Å². The van der Waals surface area contributed by atoms with E-state index in [2.05, 4.69) is 10.00 Å². The van der Waals surface area contributed by atoms with E-state index in [1.165, 1.54) is 0 Å². The third-order valence-electron chi connectivity index (χ3n) is 3.95. The van der Waals surface area contributed by atoms with Crippen LogP contribution in [0.5, 0.6) is 5.75 Å². The summed E-state index contributed by atoms with van der Waals surface area (Å²) < 4.78 is 13.0. The number of hydrogen-bond acceptors (Lipinski definition) is 5. The summed E-state index contributed by atoms with van der Waals surface area (Å²) in [7, 11) is 5.66. The lowest BCUT2D eigenvalue weighted by atomic mass is 9.81. The number of nitrogens with zero attached hydrogens (tertiary/aromatic N) is 3. The molecule has 0 aromatic carbocycles. The fourth-order valence-corrected chi connectivity index (χ4v) is 2.99. The van der Waals surface area contributed by atoms with Crippen LogP contribution in [-0.4, -0.2) is 59.7 Å². The zero-order valence-electron chi connectivity index (χ0n) is 13.7. The molecule has 1 aliphatic heterocycles. The molecule has 0 bridgehead atoms. The molecule has 1 unspecified atom stereocenters. The van der Waals surface area contributed by atoms with Crippen molar-refractivity contribution in [2.75, 3.05) is 34.4 Å². The summed E-state index contributed by atoms with van der Waals surface area (Å²) in [5, 5.41) is 15.6. The van der Waals surface area contributed by atoms with Crippen molar-refractivity contribution in [3.8, 4) is 5.75 Å². The molecule has 1 fully saturated rings. The van der Waals surface area contributed by atoms with E-state index in [0.29, 0.717) is 25.2 Å². The van der Waals surface area contributed by atoms with E-state index in [1.54, 1.807) is 13.3 Å². The number of hydrogen-bond donors (Lipinski definition) is 1. The van der Waals surface area contributed by atoms with Crippen LogP contribution < -0.4 is 4.74 Å². The maximum absolute atomic E-state index is 11.2. The van der Waals surface area contributed by atoms with Crippen molar-refractivity contribution in [3.05, 3.63) is 11.9 Å². The molecular weight excluding hydrogens is 270 g/mol. The van der Waals surface area contributed by atoms with E-state index in [0.717, 1.165) is 18.8 Å². The molecule has 2 rings (SSSR count). The second-order valence-corrected chi connectivity index (χ2v) is 6.65. The molecule has 2 heterocycles. The van der Waals surface area contributed by atoms with Gasteiger partial charge in [-0.3, -0.25) is 4.68 Å². The largest absolute Gasteiger partial charge is 0.493 e. The first-order chi connectivity index (χ1) is 9.77. The van der Waals surface area contributed by atoms with Crippen LogP contribution in [0.1, 0.15) is 32.4 Å². The van der Waals surface area contributed by atoms with Crippen molar-refractivity contribution in [3.63, 3.8) is 0 Å². The Kier molecular flexibility index (Phi) is 4.60. The van der Waals surface area contributed by atoms with Gasteiger partial charge in [-0.25, -0.2) is 0 Å². The van der Waals surface area contributed by atoms with Crippen molar-refractivity contribution < 1.29 is 14.6 Å². The maximum Gasteiger partial charge on any atom is 0.162 e. The Morgan fingerprint density at radius 3 is 2.76 bits per heavy atom. The molecule has 6 heteroatoms. The summed E-state index contributed by atoms with van der Waals surface area (Å²) in [5.74, 6) is 0.647. The van der Waals surface area contributed by atoms with Crippen LogP contribution in [0.25, 0.3) is 0 Å². The van der Waals surface area contributed by atoms with E-state index in [1.807, 2.05) is 32.6 Å². The first-order valence-corrected chi connectivity index (χ1v) is 7.39. The SMILES string of the molecule is COc1cnn(CCN(C)C)c1C1(O)CCOC(C)(C)C1. The number of aliphatic hydroxyl groups is 1. The first-order valence-electron chi connectivity index (χ1n) is 7.39. The average Bonchev–Trinajstić information content (AvgIpc) is 2.78. The summed E-state index contributed by atoms with van der Waals surface area (Å²) in [4.78, 5) is 2.09. The highest BCUT2D eigenvalue weighted by Crippen LogP contribution is 2.42. The highest BCUT2D eigenvalue weighted by molar-refractivity contribution is 5.31. The Bertz CT molecular complexity index is 485. The highest BCUT2D eigenvalue weighted by atomic mass is 16.5. The van der Waals surface area contributed by atoms with Gasteiger partial charge in [0.15, 0.2) is 5.75 Å². The average molecular weight is 297 g/mol. The monoisotopic (exact) mass is 297 g/mol. The Balaban J connectivity index is 2.33. The van der Waals surface area contributed by atoms with Gasteiger partial charge in [-0.15, -0.1) is 0 Å². The molecule has 21 heavy (non-hydrogen) atoms. The normalized spacial score (nSPS) is 25.3. The second-order valence-electron chi connectivity index (χ2n) is 6.65. The maximum atomic E-state index is 11.2. The third kappa shape index (κ3) is 3.56. The van der Waals surface area contributed by atoms with Gasteiger partial charge in [-0.2, -0.15) is 5.10 Å². The third-order valence-corrected chi connectivity index (χ3v) is 3.95. The van der Waals surface area contributed by atoms with Gasteiger partial charge < -0.3 is 19.5 Å². The molecule has 1 saturated heterocycles. The number of aromatic nitrogens is 2. The molecule has 0 amide bonds. The van der Waals surface area contributed by atoms with E-state index < -0.39 is 5.60 Å². The van der Waals surface area contributed by atoms with Crippen LogP contribution in [-0.2, 0) is 16.9 Å². The zero-order valence-corrected chi connectivity index (χ0v) is 13.7. The fraction of sp³-hybridized carbons (Fsp3) is 0.800. The lowest BCUT2D eigenvalue weighted by Crippen LogP contribution is -2.45. The summed E-state index contributed by atoms with van der Waals surface area (Å²) in [6.07, 6.45) is 2.77. The van der Waals surface area contributed by atoms with Gasteiger partial charge in [-0.1, -0.05) is 0 Å². The lowest BCUT2D eigenvalue weighted by molar-refractivity contribution is -0.151. The van der Waals surface area contributed by atoms with E-state index >= 15 is 0 Å². The second kappa shape index (κ2) is 5.94. The zero-order chi connectivity index (χ0) is 15.7. The van der Waals surface area contributed by atoms with Crippen molar-refractivity contribution in [2.45, 2.75) is 44.4 Å². The van der Waals surface area contributed by atoms with Crippen LogP contribution in [0.4, 0.5) is 0 Å². The number of methoxy groups -OCH3 is 1. The predicted octanol–water partition coefficient (Wildman–Crippen LogP) is 1.23. The minimum atomic E-state index is -0.962. The van der Waals surface area contributed by atoms with Crippen molar-refractivity contribution >= 4 is 0 Å². The topological polar surface area (TPSA) is 59.8 Å². The number of ether oxygens (including phenoxy) is 2. The Morgan fingerprint density at radius 1 is 1.48 bits per heavy atom. The first kappa shape index (κ1) is 16.3. The van der Waals surface area contributed by atoms with Gasteiger partial charge in [0.25, 0.3) is 0 Å². The molecule has 1 aromatic heterocycles. The van der Waals surface area contributed by atoms with Crippen LogP contribution in [0.15, 0.2) is 6.20 Å². The highest BCUT2D eigenvalue weighted by Gasteiger charge is 2.44. The molecule has 6 nitrogen and oxygen atoms in total. The molecule has 0 spiro atoms. The summed E-state index contributed by atoms with van der Waals surface area (Å²) in [6, 6.07) is 0. The van der Waals surface area contributed by atoms with Gasteiger partial charge in [0.1, 0.15) is 11.3 Å². The van der Waals surface area contributed by atoms with E-state index in [9.17, 15) is 5.11 Å². The predicted molar refractivity (Wildman–Crippen MR) is 80.5 cm³/mol. The van der Waals surface area contributed by atoms with Crippen molar-refractivity contribution in [1.82, 2.24) is 14.7 Å². The van der Waals surface area contributed by atoms with Crippen LogP contribution in [0.2, 0.25) is 0 Å². The van der Waals surface area contributed by atoms with Gasteiger partial charge >= 0.3 is 0 Å². The van der Waals surface area contributed by atoms with Crippen molar-refractivity contribution in [2.24, 2.45) is 0 Å². The van der Waals surface area contributed by atoms with Crippen molar-refractivity contribution in [1.29, 1.82) is 0 Å². The molecule has 1 aliphatic rings. The fourth-order valence-electron chi connectivity index (χ4n) is 2.99. The minimum Gasteiger partial charge on any atom is -0.493 e. The summed E-state index contributed by atoms with van der Waals surface area (Å²) in [5.41, 5.74) is -0.548. The molecule has 0 saturated carbocycles. The lowest BCUT2D eigenvalue weighted by Gasteiger charge is -2.41. The number of likely N-dealkylation sites (N-methyl/N-ethyl adjacent to an activating group) is 1. The Morgan fingerprint density at radius 2 is 2.19 bits per heavy atom. The quantitative estimate of drug-likeness (QED) is 0.886. The van der Waals surface area contributed by atoms with E-state index in [-0.39, 0.29) is 5.60 Å². The minimum absolute atomic E-state index is 0.353. The van der Waals surface area contributed by atoms with Gasteiger partial charge in [0.2, 0.25) is 0 Å². The molecule has 1 atom stereocenters. The smallest absolute Gasteiger partial charge is 0.162 e. The summed E-state index contributed by atoms with van der Waals surface area (Å²) >= 11 is 0. The van der Waals surface area contributed by atoms with Gasteiger partial charge in [-0.05, 0) is 27.9 Å². The Hall–Kier alpha value is -1.11. The molecule has 120 valence electrons. The molecule has 0 radical (unpaired) electrons. The number of rotatable bonds is 5. The molecular formula is C15H27N3O3. The Labute approximate surface area is 126 Å². The molecule has 1 aromatic rings. The van der Waals surface area contributed by atoms with Gasteiger partial charge in [0.05, 0.1) is 32.1 Å². The van der Waals surface area contributed by atoms with Crippen LogP contribution in [0.3, 0.4) is 0 Å². The van der Waals surface area contributed by atoms with Gasteiger partial charge in [0, 0.05) is 19.4 Å².